The summed E-state index contributed by atoms with van der Waals surface area (Å²) in [5.41, 5.74) is 1.58. The van der Waals surface area contributed by atoms with Gasteiger partial charge in [-0.25, -0.2) is 9.97 Å². The third kappa shape index (κ3) is 2.35. The second kappa shape index (κ2) is 5.22. The van der Waals surface area contributed by atoms with E-state index in [1.165, 1.54) is 11.3 Å². The Morgan fingerprint density at radius 3 is 2.86 bits per heavy atom. The van der Waals surface area contributed by atoms with Crippen LogP contribution in [0.4, 0.5) is 0 Å². The van der Waals surface area contributed by atoms with E-state index in [2.05, 4.69) is 16.9 Å². The number of carbonyl (C=O) groups excluding carboxylic acids is 1. The highest BCUT2D eigenvalue weighted by Gasteiger charge is 2.44. The van der Waals surface area contributed by atoms with Crippen LogP contribution in [0.25, 0.3) is 0 Å². The summed E-state index contributed by atoms with van der Waals surface area (Å²) in [7, 11) is 0. The lowest BCUT2D eigenvalue weighted by Crippen LogP contribution is -2.44. The molecule has 1 unspecified atom stereocenters. The molecule has 1 atom stereocenters. The van der Waals surface area contributed by atoms with E-state index >= 15 is 0 Å². The van der Waals surface area contributed by atoms with Crippen LogP contribution in [0.5, 0.6) is 0 Å². The second-order valence-electron chi connectivity index (χ2n) is 5.79. The average molecular weight is 301 g/mol. The van der Waals surface area contributed by atoms with E-state index in [0.29, 0.717) is 0 Å². The molecule has 0 N–H and O–H groups in total. The minimum absolute atomic E-state index is 0.104. The van der Waals surface area contributed by atoms with E-state index in [-0.39, 0.29) is 5.91 Å². The van der Waals surface area contributed by atoms with Crippen molar-refractivity contribution in [2.75, 3.05) is 6.54 Å². The number of likely N-dealkylation sites (tertiary alicyclic amines) is 1. The molecular weight excluding hydrogens is 282 g/mol. The zero-order chi connectivity index (χ0) is 15.0. The molecule has 3 rings (SSSR count). The zero-order valence-corrected chi connectivity index (χ0v) is 13.4. The van der Waals surface area contributed by atoms with Gasteiger partial charge in [0.2, 0.25) is 0 Å². The number of thiophene rings is 1. The maximum Gasteiger partial charge on any atom is 0.265 e. The number of amides is 1. The molecule has 21 heavy (non-hydrogen) atoms. The van der Waals surface area contributed by atoms with Gasteiger partial charge in [-0.15, -0.1) is 11.3 Å². The topological polar surface area (TPSA) is 46.1 Å². The largest absolute Gasteiger partial charge is 0.325 e. The Morgan fingerprint density at radius 1 is 1.38 bits per heavy atom. The number of hydrogen-bond acceptors (Lipinski definition) is 4. The first-order valence-corrected chi connectivity index (χ1v) is 8.06. The maximum atomic E-state index is 12.9. The van der Waals surface area contributed by atoms with Gasteiger partial charge in [0.1, 0.15) is 5.54 Å². The molecule has 1 saturated heterocycles. The smallest absolute Gasteiger partial charge is 0.265 e. The van der Waals surface area contributed by atoms with Crippen molar-refractivity contribution in [3.8, 4) is 0 Å². The Bertz CT molecular complexity index is 682. The highest BCUT2D eigenvalue weighted by atomic mass is 32.1. The number of hydrogen-bond donors (Lipinski definition) is 0. The van der Waals surface area contributed by atoms with Crippen LogP contribution in [0.3, 0.4) is 0 Å². The summed E-state index contributed by atoms with van der Waals surface area (Å²) in [4.78, 5) is 24.6. The Kier molecular flexibility index (Phi) is 3.53. The number of aromatic nitrogens is 2. The zero-order valence-electron chi connectivity index (χ0n) is 12.6. The van der Waals surface area contributed by atoms with Crippen LogP contribution in [-0.4, -0.2) is 27.3 Å². The fourth-order valence-corrected chi connectivity index (χ4v) is 3.82. The highest BCUT2D eigenvalue weighted by Crippen LogP contribution is 2.38. The van der Waals surface area contributed by atoms with Crippen molar-refractivity contribution in [2.45, 2.75) is 39.2 Å². The van der Waals surface area contributed by atoms with E-state index in [1.54, 1.807) is 6.20 Å². The molecule has 2 aromatic heterocycles. The van der Waals surface area contributed by atoms with Crippen LogP contribution >= 0.6 is 11.3 Å². The van der Waals surface area contributed by atoms with Crippen LogP contribution in [-0.2, 0) is 5.54 Å². The van der Waals surface area contributed by atoms with Crippen molar-refractivity contribution < 1.29 is 4.79 Å². The van der Waals surface area contributed by atoms with Gasteiger partial charge in [0, 0.05) is 18.4 Å². The van der Waals surface area contributed by atoms with E-state index in [1.807, 2.05) is 36.3 Å². The van der Waals surface area contributed by atoms with Crippen molar-refractivity contribution in [1.82, 2.24) is 14.9 Å². The molecule has 0 radical (unpaired) electrons. The van der Waals surface area contributed by atoms with E-state index in [4.69, 9.17) is 0 Å². The summed E-state index contributed by atoms with van der Waals surface area (Å²) in [6, 6.07) is 3.88. The molecule has 0 bridgehead atoms. The first-order valence-electron chi connectivity index (χ1n) is 7.18. The Morgan fingerprint density at radius 2 is 2.19 bits per heavy atom. The van der Waals surface area contributed by atoms with Crippen molar-refractivity contribution in [1.29, 1.82) is 0 Å². The van der Waals surface area contributed by atoms with Crippen molar-refractivity contribution >= 4 is 17.2 Å². The number of nitrogens with zero attached hydrogens (tertiary/aromatic N) is 3. The summed E-state index contributed by atoms with van der Waals surface area (Å²) in [6.07, 6.45) is 3.68. The quantitative estimate of drug-likeness (QED) is 0.855. The molecule has 0 saturated carbocycles. The summed E-state index contributed by atoms with van der Waals surface area (Å²) >= 11 is 1.51. The fourth-order valence-electron chi connectivity index (χ4n) is 2.94. The Labute approximate surface area is 128 Å². The van der Waals surface area contributed by atoms with E-state index in [0.717, 1.165) is 41.3 Å². The number of aryl methyl sites for hydroxylation is 2. The van der Waals surface area contributed by atoms with Crippen molar-refractivity contribution in [2.24, 2.45) is 0 Å². The van der Waals surface area contributed by atoms with Crippen LogP contribution in [0.2, 0.25) is 0 Å². The molecule has 4 nitrogen and oxygen atoms in total. The van der Waals surface area contributed by atoms with Gasteiger partial charge in [0.25, 0.3) is 5.91 Å². The molecule has 1 fully saturated rings. The van der Waals surface area contributed by atoms with E-state index < -0.39 is 5.54 Å². The lowest BCUT2D eigenvalue weighted by Gasteiger charge is -2.33. The Balaban J connectivity index is 1.99. The van der Waals surface area contributed by atoms with Gasteiger partial charge in [-0.05, 0) is 56.7 Å². The molecule has 0 aromatic carbocycles. The molecular formula is C16H19N3OS. The molecule has 1 amide bonds. The van der Waals surface area contributed by atoms with Gasteiger partial charge in [0.05, 0.1) is 4.88 Å². The van der Waals surface area contributed by atoms with Crippen LogP contribution in [0.15, 0.2) is 23.7 Å². The summed E-state index contributed by atoms with van der Waals surface area (Å²) < 4.78 is 0. The van der Waals surface area contributed by atoms with Crippen LogP contribution in [0, 0.1) is 13.8 Å². The fraction of sp³-hybridized carbons (Fsp3) is 0.438. The first kappa shape index (κ1) is 14.2. The van der Waals surface area contributed by atoms with Gasteiger partial charge in [0.15, 0.2) is 5.82 Å². The second-order valence-corrected chi connectivity index (χ2v) is 6.70. The average Bonchev–Trinajstić information content (AvgIpc) is 3.05. The molecule has 110 valence electrons. The molecule has 5 heteroatoms. The summed E-state index contributed by atoms with van der Waals surface area (Å²) in [6.45, 7) is 6.79. The minimum atomic E-state index is -0.403. The van der Waals surface area contributed by atoms with Crippen molar-refractivity contribution in [3.05, 3.63) is 45.7 Å². The monoisotopic (exact) mass is 301 g/mol. The van der Waals surface area contributed by atoms with E-state index in [9.17, 15) is 4.79 Å². The van der Waals surface area contributed by atoms with Gasteiger partial charge >= 0.3 is 0 Å². The summed E-state index contributed by atoms with van der Waals surface area (Å²) in [5, 5.41) is 1.97. The van der Waals surface area contributed by atoms with Gasteiger partial charge in [-0.1, -0.05) is 0 Å². The van der Waals surface area contributed by atoms with Crippen molar-refractivity contribution in [3.63, 3.8) is 0 Å². The molecule has 1 aliphatic heterocycles. The minimum Gasteiger partial charge on any atom is -0.325 e. The number of carbonyl (C=O) groups is 1. The van der Waals surface area contributed by atoms with Gasteiger partial charge in [-0.3, -0.25) is 4.79 Å². The predicted molar refractivity (Wildman–Crippen MR) is 83.4 cm³/mol. The van der Waals surface area contributed by atoms with Gasteiger partial charge < -0.3 is 4.90 Å². The molecule has 2 aromatic rings. The molecule has 3 heterocycles. The molecule has 0 aliphatic carbocycles. The third-order valence-electron chi connectivity index (χ3n) is 4.22. The molecule has 0 spiro atoms. The lowest BCUT2D eigenvalue weighted by molar-refractivity contribution is 0.0608. The highest BCUT2D eigenvalue weighted by molar-refractivity contribution is 7.12. The Hall–Kier alpha value is -1.75. The SMILES string of the molecule is Cc1ccnc(C2(C)CCCN2C(=O)c2sccc2C)n1. The standard InChI is InChI=1S/C16H19N3OS/c1-11-6-10-21-13(11)14(20)19-9-4-7-16(19,3)15-17-8-5-12(2)18-15/h5-6,8,10H,4,7,9H2,1-3H3. The van der Waals surface area contributed by atoms with Crippen LogP contribution in [0.1, 0.15) is 46.5 Å². The van der Waals surface area contributed by atoms with Crippen LogP contribution < -0.4 is 0 Å². The van der Waals surface area contributed by atoms with Gasteiger partial charge in [-0.2, -0.15) is 0 Å². The number of rotatable bonds is 2. The first-order chi connectivity index (χ1) is 10.0. The predicted octanol–water partition coefficient (Wildman–Crippen LogP) is 3.31. The lowest BCUT2D eigenvalue weighted by atomic mass is 9.97. The maximum absolute atomic E-state index is 12.9. The third-order valence-corrected chi connectivity index (χ3v) is 5.22. The normalized spacial score (nSPS) is 21.8. The summed E-state index contributed by atoms with van der Waals surface area (Å²) in [5.74, 6) is 0.857. The molecule has 1 aliphatic rings.